The highest BCUT2D eigenvalue weighted by atomic mass is 16.5. The van der Waals surface area contributed by atoms with Gasteiger partial charge in [0.25, 0.3) is 0 Å². The predicted octanol–water partition coefficient (Wildman–Crippen LogP) is 1.51. The second-order valence-electron chi connectivity index (χ2n) is 5.13. The molecule has 112 valence electrons. The van der Waals surface area contributed by atoms with E-state index in [4.69, 9.17) is 15.0 Å². The standard InChI is InChI=1S/C15H20N4O2/c1-2-19-8-9-20-12(10-19)14-17-15(21-18-14)13(16)11-6-4-3-5-7-11/h3-7,12-13H,2,8-10,16H2,1H3. The normalized spacial score (nSPS) is 21.3. The van der Waals surface area contributed by atoms with Gasteiger partial charge in [0.2, 0.25) is 11.7 Å². The lowest BCUT2D eigenvalue weighted by molar-refractivity contribution is -0.0334. The van der Waals surface area contributed by atoms with Crippen molar-refractivity contribution in [1.82, 2.24) is 15.0 Å². The third-order valence-corrected chi connectivity index (χ3v) is 3.77. The number of ether oxygens (including phenoxy) is 1. The Balaban J connectivity index is 1.74. The van der Waals surface area contributed by atoms with Crippen molar-refractivity contribution in [1.29, 1.82) is 0 Å². The molecule has 1 fully saturated rings. The van der Waals surface area contributed by atoms with Crippen LogP contribution in [0.5, 0.6) is 0 Å². The summed E-state index contributed by atoms with van der Waals surface area (Å²) in [5, 5.41) is 4.04. The summed E-state index contributed by atoms with van der Waals surface area (Å²) >= 11 is 0. The molecule has 2 heterocycles. The Bertz CT molecular complexity index is 572. The van der Waals surface area contributed by atoms with Crippen LogP contribution in [0.3, 0.4) is 0 Å². The number of nitrogens with zero attached hydrogens (tertiary/aromatic N) is 3. The maximum absolute atomic E-state index is 6.17. The first-order valence-electron chi connectivity index (χ1n) is 7.26. The zero-order valence-electron chi connectivity index (χ0n) is 12.1. The Morgan fingerprint density at radius 3 is 2.95 bits per heavy atom. The third-order valence-electron chi connectivity index (χ3n) is 3.77. The van der Waals surface area contributed by atoms with E-state index in [1.807, 2.05) is 30.3 Å². The molecule has 2 aromatic rings. The predicted molar refractivity (Wildman–Crippen MR) is 77.6 cm³/mol. The highest BCUT2D eigenvalue weighted by molar-refractivity contribution is 5.23. The van der Waals surface area contributed by atoms with Gasteiger partial charge >= 0.3 is 0 Å². The molecule has 0 bridgehead atoms. The van der Waals surface area contributed by atoms with E-state index in [9.17, 15) is 0 Å². The van der Waals surface area contributed by atoms with Gasteiger partial charge in [-0.25, -0.2) is 0 Å². The Morgan fingerprint density at radius 1 is 1.38 bits per heavy atom. The lowest BCUT2D eigenvalue weighted by Crippen LogP contribution is -2.38. The largest absolute Gasteiger partial charge is 0.367 e. The smallest absolute Gasteiger partial charge is 0.248 e. The average molecular weight is 288 g/mol. The number of aromatic nitrogens is 2. The van der Waals surface area contributed by atoms with Crippen LogP contribution in [0.15, 0.2) is 34.9 Å². The Kier molecular flexibility index (Phi) is 4.28. The molecule has 0 saturated carbocycles. The number of hydrogen-bond acceptors (Lipinski definition) is 6. The maximum atomic E-state index is 6.17. The molecular weight excluding hydrogens is 268 g/mol. The van der Waals surface area contributed by atoms with E-state index in [1.165, 1.54) is 0 Å². The summed E-state index contributed by atoms with van der Waals surface area (Å²) in [5.41, 5.74) is 7.12. The van der Waals surface area contributed by atoms with E-state index in [1.54, 1.807) is 0 Å². The Labute approximate surface area is 123 Å². The van der Waals surface area contributed by atoms with E-state index in [0.29, 0.717) is 18.3 Å². The minimum Gasteiger partial charge on any atom is -0.367 e. The van der Waals surface area contributed by atoms with Crippen molar-refractivity contribution in [3.05, 3.63) is 47.6 Å². The van der Waals surface area contributed by atoms with Crippen LogP contribution in [-0.2, 0) is 4.74 Å². The van der Waals surface area contributed by atoms with Crippen LogP contribution in [0.4, 0.5) is 0 Å². The molecule has 3 rings (SSSR count). The van der Waals surface area contributed by atoms with Crippen LogP contribution >= 0.6 is 0 Å². The summed E-state index contributed by atoms with van der Waals surface area (Å²) < 4.78 is 11.0. The molecule has 0 amide bonds. The molecule has 1 aromatic heterocycles. The van der Waals surface area contributed by atoms with Crippen LogP contribution in [0.25, 0.3) is 0 Å². The monoisotopic (exact) mass is 288 g/mol. The zero-order chi connectivity index (χ0) is 14.7. The molecular formula is C15H20N4O2. The van der Waals surface area contributed by atoms with E-state index >= 15 is 0 Å². The number of morpholine rings is 1. The topological polar surface area (TPSA) is 77.4 Å². The van der Waals surface area contributed by atoms with Crippen LogP contribution in [0, 0.1) is 0 Å². The van der Waals surface area contributed by atoms with Gasteiger partial charge in [0.15, 0.2) is 0 Å². The lowest BCUT2D eigenvalue weighted by atomic mass is 10.1. The van der Waals surface area contributed by atoms with Gasteiger partial charge in [-0.1, -0.05) is 42.4 Å². The molecule has 1 aliphatic heterocycles. The van der Waals surface area contributed by atoms with E-state index in [2.05, 4.69) is 22.0 Å². The van der Waals surface area contributed by atoms with Gasteiger partial charge < -0.3 is 15.0 Å². The molecule has 2 atom stereocenters. The molecule has 1 aromatic carbocycles. The molecule has 6 nitrogen and oxygen atoms in total. The summed E-state index contributed by atoms with van der Waals surface area (Å²) in [6.45, 7) is 5.55. The first-order valence-corrected chi connectivity index (χ1v) is 7.26. The third kappa shape index (κ3) is 3.12. The van der Waals surface area contributed by atoms with E-state index < -0.39 is 6.04 Å². The second-order valence-corrected chi connectivity index (χ2v) is 5.13. The molecule has 2 N–H and O–H groups in total. The minimum atomic E-state index is -0.404. The van der Waals surface area contributed by atoms with Gasteiger partial charge in [-0.15, -0.1) is 0 Å². The summed E-state index contributed by atoms with van der Waals surface area (Å²) in [6.07, 6.45) is -0.140. The second kappa shape index (κ2) is 6.34. The SMILES string of the molecule is CCN1CCOC(c2noc(C(N)c3ccccc3)n2)C1. The highest BCUT2D eigenvalue weighted by Crippen LogP contribution is 2.23. The summed E-state index contributed by atoms with van der Waals surface area (Å²) in [7, 11) is 0. The lowest BCUT2D eigenvalue weighted by Gasteiger charge is -2.30. The maximum Gasteiger partial charge on any atom is 0.248 e. The minimum absolute atomic E-state index is 0.140. The van der Waals surface area contributed by atoms with Crippen molar-refractivity contribution in [3.63, 3.8) is 0 Å². The number of benzene rings is 1. The molecule has 6 heteroatoms. The fraction of sp³-hybridized carbons (Fsp3) is 0.467. The molecule has 1 saturated heterocycles. The van der Waals surface area contributed by atoms with Crippen molar-refractivity contribution in [2.45, 2.75) is 19.1 Å². The fourth-order valence-corrected chi connectivity index (χ4v) is 2.45. The average Bonchev–Trinajstić information content (AvgIpc) is 3.05. The summed E-state index contributed by atoms with van der Waals surface area (Å²) in [5.74, 6) is 1.00. The van der Waals surface area contributed by atoms with Crippen molar-refractivity contribution < 1.29 is 9.26 Å². The summed E-state index contributed by atoms with van der Waals surface area (Å²) in [4.78, 5) is 6.73. The summed E-state index contributed by atoms with van der Waals surface area (Å²) in [6, 6.07) is 9.32. The molecule has 21 heavy (non-hydrogen) atoms. The molecule has 2 unspecified atom stereocenters. The van der Waals surface area contributed by atoms with Crippen molar-refractivity contribution in [3.8, 4) is 0 Å². The van der Waals surface area contributed by atoms with Gasteiger partial charge in [0.05, 0.1) is 6.61 Å². The highest BCUT2D eigenvalue weighted by Gasteiger charge is 2.26. The van der Waals surface area contributed by atoms with Crippen molar-refractivity contribution in [2.75, 3.05) is 26.2 Å². The van der Waals surface area contributed by atoms with Crippen LogP contribution < -0.4 is 5.73 Å². The first kappa shape index (κ1) is 14.2. The Morgan fingerprint density at radius 2 is 2.19 bits per heavy atom. The number of nitrogens with two attached hydrogens (primary N) is 1. The number of likely N-dealkylation sites (N-methyl/N-ethyl adjacent to an activating group) is 1. The Hall–Kier alpha value is -1.76. The van der Waals surface area contributed by atoms with Gasteiger partial charge in [0.1, 0.15) is 12.1 Å². The van der Waals surface area contributed by atoms with Crippen LogP contribution in [-0.4, -0.2) is 41.3 Å². The van der Waals surface area contributed by atoms with Crippen molar-refractivity contribution >= 4 is 0 Å². The molecule has 0 aliphatic carbocycles. The van der Waals surface area contributed by atoms with Crippen molar-refractivity contribution in [2.24, 2.45) is 5.73 Å². The van der Waals surface area contributed by atoms with Gasteiger partial charge in [-0.05, 0) is 12.1 Å². The molecule has 1 aliphatic rings. The van der Waals surface area contributed by atoms with Crippen LogP contribution in [0.2, 0.25) is 0 Å². The van der Waals surface area contributed by atoms with Gasteiger partial charge in [0, 0.05) is 13.1 Å². The van der Waals surface area contributed by atoms with Crippen LogP contribution in [0.1, 0.15) is 36.3 Å². The first-order chi connectivity index (χ1) is 10.3. The van der Waals surface area contributed by atoms with Gasteiger partial charge in [-0.3, -0.25) is 4.90 Å². The zero-order valence-corrected chi connectivity index (χ0v) is 12.1. The molecule has 0 radical (unpaired) electrons. The van der Waals surface area contributed by atoms with E-state index in [-0.39, 0.29) is 6.10 Å². The number of rotatable bonds is 4. The molecule has 0 spiro atoms. The quantitative estimate of drug-likeness (QED) is 0.919. The number of hydrogen-bond donors (Lipinski definition) is 1. The van der Waals surface area contributed by atoms with E-state index in [0.717, 1.165) is 25.2 Å². The van der Waals surface area contributed by atoms with Gasteiger partial charge in [-0.2, -0.15) is 4.98 Å². The fourth-order valence-electron chi connectivity index (χ4n) is 2.45.